The summed E-state index contributed by atoms with van der Waals surface area (Å²) in [7, 11) is 0. The van der Waals surface area contributed by atoms with Gasteiger partial charge in [0.25, 0.3) is 0 Å². The number of aliphatic hydroxyl groups excluding tert-OH is 1. The van der Waals surface area contributed by atoms with Crippen LogP contribution in [0.2, 0.25) is 0 Å². The Labute approximate surface area is 149 Å². The van der Waals surface area contributed by atoms with E-state index in [1.165, 1.54) is 0 Å². The van der Waals surface area contributed by atoms with Crippen LogP contribution in [0, 0.1) is 3.57 Å². The SMILES string of the molecule is CCc1nc2ccccc2n1C[C@H](O)COc1ccc(I)cc1. The number of nitrogens with zero attached hydrogens (tertiary/aromatic N) is 2. The Hall–Kier alpha value is -1.60. The summed E-state index contributed by atoms with van der Waals surface area (Å²) in [5, 5.41) is 10.3. The van der Waals surface area contributed by atoms with Crippen molar-refractivity contribution in [3.63, 3.8) is 0 Å². The van der Waals surface area contributed by atoms with E-state index in [9.17, 15) is 5.11 Å². The fourth-order valence-corrected chi connectivity index (χ4v) is 2.95. The number of aliphatic hydroxyl groups is 1. The van der Waals surface area contributed by atoms with Crippen molar-refractivity contribution >= 4 is 33.6 Å². The van der Waals surface area contributed by atoms with Crippen LogP contribution < -0.4 is 4.74 Å². The summed E-state index contributed by atoms with van der Waals surface area (Å²) < 4.78 is 8.91. The highest BCUT2D eigenvalue weighted by atomic mass is 127. The van der Waals surface area contributed by atoms with Crippen molar-refractivity contribution in [1.29, 1.82) is 0 Å². The first kappa shape index (κ1) is 16.3. The Bertz CT molecular complexity index is 783. The van der Waals surface area contributed by atoms with Crippen molar-refractivity contribution in [2.24, 2.45) is 0 Å². The van der Waals surface area contributed by atoms with E-state index < -0.39 is 6.10 Å². The number of hydrogen-bond donors (Lipinski definition) is 1. The molecule has 0 amide bonds. The smallest absolute Gasteiger partial charge is 0.119 e. The van der Waals surface area contributed by atoms with Crippen molar-refractivity contribution in [1.82, 2.24) is 9.55 Å². The average molecular weight is 422 g/mol. The molecular formula is C18H19IN2O2. The molecule has 1 N–H and O–H groups in total. The molecule has 0 aliphatic rings. The van der Waals surface area contributed by atoms with Crippen LogP contribution in [0.4, 0.5) is 0 Å². The van der Waals surface area contributed by atoms with Gasteiger partial charge in [-0.05, 0) is 59.0 Å². The maximum Gasteiger partial charge on any atom is 0.119 e. The molecule has 5 heteroatoms. The summed E-state index contributed by atoms with van der Waals surface area (Å²) >= 11 is 2.25. The number of rotatable bonds is 6. The molecule has 0 aliphatic carbocycles. The number of ether oxygens (including phenoxy) is 1. The minimum atomic E-state index is -0.586. The summed E-state index contributed by atoms with van der Waals surface area (Å²) in [6, 6.07) is 15.8. The van der Waals surface area contributed by atoms with Crippen LogP contribution >= 0.6 is 22.6 Å². The molecule has 0 saturated carbocycles. The quantitative estimate of drug-likeness (QED) is 0.618. The van der Waals surface area contributed by atoms with Crippen molar-refractivity contribution in [3.8, 4) is 5.75 Å². The first-order valence-electron chi connectivity index (χ1n) is 7.68. The predicted molar refractivity (Wildman–Crippen MR) is 99.8 cm³/mol. The first-order valence-corrected chi connectivity index (χ1v) is 8.76. The second-order valence-corrected chi connectivity index (χ2v) is 6.65. The van der Waals surface area contributed by atoms with E-state index in [-0.39, 0.29) is 6.61 Å². The van der Waals surface area contributed by atoms with Crippen LogP contribution in [0.25, 0.3) is 11.0 Å². The summed E-state index contributed by atoms with van der Waals surface area (Å²) in [6.07, 6.45) is 0.247. The zero-order valence-corrected chi connectivity index (χ0v) is 15.1. The topological polar surface area (TPSA) is 47.3 Å². The monoisotopic (exact) mass is 422 g/mol. The molecule has 0 fully saturated rings. The van der Waals surface area contributed by atoms with Gasteiger partial charge in [-0.15, -0.1) is 0 Å². The molecule has 0 aliphatic heterocycles. The molecule has 1 aromatic heterocycles. The van der Waals surface area contributed by atoms with Gasteiger partial charge < -0.3 is 14.4 Å². The highest BCUT2D eigenvalue weighted by molar-refractivity contribution is 14.1. The van der Waals surface area contributed by atoms with Crippen molar-refractivity contribution in [2.45, 2.75) is 26.0 Å². The number of aryl methyl sites for hydroxylation is 1. The number of imidazole rings is 1. The Morgan fingerprint density at radius 1 is 1.17 bits per heavy atom. The van der Waals surface area contributed by atoms with Gasteiger partial charge in [-0.25, -0.2) is 4.98 Å². The molecular weight excluding hydrogens is 403 g/mol. The van der Waals surface area contributed by atoms with Crippen molar-refractivity contribution in [3.05, 3.63) is 57.9 Å². The third kappa shape index (κ3) is 3.84. The van der Waals surface area contributed by atoms with Gasteiger partial charge in [0.15, 0.2) is 0 Å². The van der Waals surface area contributed by atoms with Gasteiger partial charge >= 0.3 is 0 Å². The Kier molecular flexibility index (Phi) is 5.17. The van der Waals surface area contributed by atoms with E-state index in [1.807, 2.05) is 48.5 Å². The Morgan fingerprint density at radius 2 is 1.91 bits per heavy atom. The minimum Gasteiger partial charge on any atom is -0.491 e. The van der Waals surface area contributed by atoms with Gasteiger partial charge in [0.1, 0.15) is 24.3 Å². The van der Waals surface area contributed by atoms with Crippen LogP contribution in [-0.4, -0.2) is 27.4 Å². The molecule has 2 aromatic carbocycles. The zero-order chi connectivity index (χ0) is 16.2. The Balaban J connectivity index is 1.70. The maximum absolute atomic E-state index is 10.3. The lowest BCUT2D eigenvalue weighted by molar-refractivity contribution is 0.0927. The van der Waals surface area contributed by atoms with E-state index in [2.05, 4.69) is 39.1 Å². The molecule has 0 saturated heterocycles. The molecule has 0 spiro atoms. The van der Waals surface area contributed by atoms with Crippen LogP contribution in [-0.2, 0) is 13.0 Å². The van der Waals surface area contributed by atoms with E-state index in [4.69, 9.17) is 4.74 Å². The molecule has 120 valence electrons. The van der Waals surface area contributed by atoms with Gasteiger partial charge in [-0.1, -0.05) is 19.1 Å². The van der Waals surface area contributed by atoms with Gasteiger partial charge in [0.05, 0.1) is 17.6 Å². The largest absolute Gasteiger partial charge is 0.491 e. The molecule has 3 rings (SSSR count). The first-order chi connectivity index (χ1) is 11.2. The summed E-state index contributed by atoms with van der Waals surface area (Å²) in [4.78, 5) is 4.62. The lowest BCUT2D eigenvalue weighted by atomic mass is 10.3. The van der Waals surface area contributed by atoms with E-state index in [1.54, 1.807) is 0 Å². The minimum absolute atomic E-state index is 0.260. The molecule has 3 aromatic rings. The molecule has 0 bridgehead atoms. The van der Waals surface area contributed by atoms with Gasteiger partial charge in [-0.2, -0.15) is 0 Å². The highest BCUT2D eigenvalue weighted by Crippen LogP contribution is 2.18. The van der Waals surface area contributed by atoms with Gasteiger partial charge in [0, 0.05) is 9.99 Å². The van der Waals surface area contributed by atoms with Crippen LogP contribution in [0.15, 0.2) is 48.5 Å². The number of para-hydroxylation sites is 2. The lowest BCUT2D eigenvalue weighted by Gasteiger charge is -2.15. The fraction of sp³-hybridized carbons (Fsp3) is 0.278. The molecule has 0 radical (unpaired) electrons. The molecule has 1 atom stereocenters. The molecule has 4 nitrogen and oxygen atoms in total. The van der Waals surface area contributed by atoms with Crippen molar-refractivity contribution < 1.29 is 9.84 Å². The van der Waals surface area contributed by atoms with E-state index >= 15 is 0 Å². The van der Waals surface area contributed by atoms with Crippen molar-refractivity contribution in [2.75, 3.05) is 6.61 Å². The second-order valence-electron chi connectivity index (χ2n) is 5.40. The summed E-state index contributed by atoms with van der Waals surface area (Å²) in [6.45, 7) is 2.82. The molecule has 0 unspecified atom stereocenters. The number of benzene rings is 2. The number of fused-ring (bicyclic) bond motifs is 1. The maximum atomic E-state index is 10.3. The van der Waals surface area contributed by atoms with Crippen LogP contribution in [0.3, 0.4) is 0 Å². The number of hydrogen-bond acceptors (Lipinski definition) is 3. The standard InChI is InChI=1S/C18H19IN2O2/c1-2-18-20-16-5-3-4-6-17(16)21(18)11-14(22)12-23-15-9-7-13(19)8-10-15/h3-10,14,22H,2,11-12H2,1H3/t14-/m0/s1. The number of halogens is 1. The molecule has 23 heavy (non-hydrogen) atoms. The third-order valence-corrected chi connectivity index (χ3v) is 4.42. The normalized spacial score (nSPS) is 12.5. The highest BCUT2D eigenvalue weighted by Gasteiger charge is 2.13. The van der Waals surface area contributed by atoms with Gasteiger partial charge in [-0.3, -0.25) is 0 Å². The molecule has 1 heterocycles. The van der Waals surface area contributed by atoms with Gasteiger partial charge in [0.2, 0.25) is 0 Å². The third-order valence-electron chi connectivity index (χ3n) is 3.70. The summed E-state index contributed by atoms with van der Waals surface area (Å²) in [5.41, 5.74) is 2.02. The lowest BCUT2D eigenvalue weighted by Crippen LogP contribution is -2.24. The average Bonchev–Trinajstić information content (AvgIpc) is 2.92. The van der Waals surface area contributed by atoms with Crippen LogP contribution in [0.5, 0.6) is 5.75 Å². The van der Waals surface area contributed by atoms with E-state index in [0.29, 0.717) is 6.54 Å². The second kappa shape index (κ2) is 7.31. The number of aromatic nitrogens is 2. The Morgan fingerprint density at radius 3 is 2.65 bits per heavy atom. The predicted octanol–water partition coefficient (Wildman–Crippen LogP) is 3.64. The van der Waals surface area contributed by atoms with E-state index in [0.717, 1.165) is 32.6 Å². The fourth-order valence-electron chi connectivity index (χ4n) is 2.59. The zero-order valence-electron chi connectivity index (χ0n) is 12.9. The van der Waals surface area contributed by atoms with Crippen LogP contribution in [0.1, 0.15) is 12.7 Å². The summed E-state index contributed by atoms with van der Waals surface area (Å²) in [5.74, 6) is 1.76.